The molecule has 9 heteroatoms. The summed E-state index contributed by atoms with van der Waals surface area (Å²) in [5, 5.41) is 4.41. The maximum Gasteiger partial charge on any atom is 0.410 e. The molecule has 0 bridgehead atoms. The lowest BCUT2D eigenvalue weighted by molar-refractivity contribution is 0.0594. The lowest BCUT2D eigenvalue weighted by Gasteiger charge is -2.20. The van der Waals surface area contributed by atoms with Gasteiger partial charge in [0, 0.05) is 18.5 Å². The average molecular weight is 497 g/mol. The van der Waals surface area contributed by atoms with Crippen molar-refractivity contribution in [2.45, 2.75) is 32.5 Å². The second-order valence-electron chi connectivity index (χ2n) is 8.91. The molecular weight excluding hydrogens is 468 g/mol. The normalized spacial score (nSPS) is 21.1. The minimum atomic E-state index is -0.498. The molecule has 2 fully saturated rings. The number of nitrogens with zero attached hydrogens (tertiary/aromatic N) is 2. The van der Waals surface area contributed by atoms with Gasteiger partial charge in [-0.2, -0.15) is 0 Å². The number of rotatable bonds is 7. The van der Waals surface area contributed by atoms with Gasteiger partial charge in [-0.25, -0.2) is 14.6 Å². The minimum absolute atomic E-state index is 0.0467. The van der Waals surface area contributed by atoms with E-state index in [9.17, 15) is 9.59 Å². The minimum Gasteiger partial charge on any atom is -0.494 e. The van der Waals surface area contributed by atoms with Crippen molar-refractivity contribution in [3.8, 4) is 11.5 Å². The first-order valence-corrected chi connectivity index (χ1v) is 12.7. The van der Waals surface area contributed by atoms with Crippen LogP contribution in [0.5, 0.6) is 11.5 Å². The summed E-state index contributed by atoms with van der Waals surface area (Å²) < 4.78 is 22.0. The van der Waals surface area contributed by atoms with Crippen LogP contribution in [0, 0.1) is 11.8 Å². The third-order valence-corrected chi connectivity index (χ3v) is 7.45. The molecule has 8 nitrogen and oxygen atoms in total. The summed E-state index contributed by atoms with van der Waals surface area (Å²) in [5.74, 6) is 2.04. The van der Waals surface area contributed by atoms with Crippen LogP contribution in [0.25, 0.3) is 10.8 Å². The maximum atomic E-state index is 12.6. The van der Waals surface area contributed by atoms with Crippen molar-refractivity contribution in [2.75, 3.05) is 26.8 Å². The summed E-state index contributed by atoms with van der Waals surface area (Å²) in [7, 11) is 1.31. The lowest BCUT2D eigenvalue weighted by Crippen LogP contribution is -2.31. The number of hydrogen-bond acceptors (Lipinski definition) is 8. The van der Waals surface area contributed by atoms with Gasteiger partial charge in [0.25, 0.3) is 0 Å². The molecule has 184 valence electrons. The quantitative estimate of drug-likeness (QED) is 0.430. The number of methoxy groups -OCH3 is 1. The molecular formula is C26H28N2O6S. The Balaban J connectivity index is 1.12. The summed E-state index contributed by atoms with van der Waals surface area (Å²) in [6.07, 6.45) is 1.63. The van der Waals surface area contributed by atoms with Gasteiger partial charge in [-0.1, -0.05) is 12.1 Å². The van der Waals surface area contributed by atoms with E-state index in [0.29, 0.717) is 36.5 Å². The fourth-order valence-electron chi connectivity index (χ4n) is 5.01. The average Bonchev–Trinajstić information content (AvgIpc) is 3.57. The van der Waals surface area contributed by atoms with Crippen molar-refractivity contribution in [2.24, 2.45) is 11.8 Å². The largest absolute Gasteiger partial charge is 0.494 e. The van der Waals surface area contributed by atoms with E-state index in [1.54, 1.807) is 10.3 Å². The van der Waals surface area contributed by atoms with Crippen molar-refractivity contribution in [1.29, 1.82) is 0 Å². The van der Waals surface area contributed by atoms with Crippen LogP contribution in [-0.4, -0.2) is 54.9 Å². The van der Waals surface area contributed by atoms with Crippen LogP contribution in [0.3, 0.4) is 0 Å². The van der Waals surface area contributed by atoms with E-state index >= 15 is 0 Å². The molecule has 3 aromatic rings. The number of carbonyl (C=O) groups is 2. The van der Waals surface area contributed by atoms with Crippen LogP contribution in [-0.2, 0) is 16.1 Å². The van der Waals surface area contributed by atoms with Gasteiger partial charge in [0.05, 0.1) is 19.8 Å². The van der Waals surface area contributed by atoms with Crippen LogP contribution in [0.4, 0.5) is 4.79 Å². The van der Waals surface area contributed by atoms with Gasteiger partial charge >= 0.3 is 12.1 Å². The molecule has 5 rings (SSSR count). The Morgan fingerprint density at radius 1 is 1.06 bits per heavy atom. The third-order valence-electron chi connectivity index (χ3n) is 6.63. The van der Waals surface area contributed by atoms with Gasteiger partial charge in [0.15, 0.2) is 5.69 Å². The fraction of sp³-hybridized carbons (Fsp3) is 0.423. The van der Waals surface area contributed by atoms with Crippen LogP contribution in [0.1, 0.15) is 35.3 Å². The molecule has 1 aliphatic heterocycles. The molecule has 1 amide bonds. The Morgan fingerprint density at radius 2 is 1.77 bits per heavy atom. The Labute approximate surface area is 207 Å². The molecule has 2 aliphatic rings. The molecule has 0 radical (unpaired) electrons. The zero-order chi connectivity index (χ0) is 24.4. The van der Waals surface area contributed by atoms with Crippen LogP contribution in [0.15, 0.2) is 41.8 Å². The fourth-order valence-corrected chi connectivity index (χ4v) is 5.68. The van der Waals surface area contributed by atoms with E-state index in [0.717, 1.165) is 35.1 Å². The van der Waals surface area contributed by atoms with Crippen molar-refractivity contribution < 1.29 is 28.5 Å². The molecule has 0 spiro atoms. The Hall–Kier alpha value is -3.33. The second kappa shape index (κ2) is 10.1. The molecule has 1 saturated heterocycles. The van der Waals surface area contributed by atoms with Gasteiger partial charge in [-0.3, -0.25) is 0 Å². The predicted octanol–water partition coefficient (Wildman–Crippen LogP) is 4.91. The smallest absolute Gasteiger partial charge is 0.410 e. The van der Waals surface area contributed by atoms with E-state index in [1.165, 1.54) is 18.4 Å². The molecule has 35 heavy (non-hydrogen) atoms. The van der Waals surface area contributed by atoms with E-state index in [1.807, 2.05) is 25.1 Å². The topological polar surface area (TPSA) is 87.2 Å². The number of benzene rings is 2. The van der Waals surface area contributed by atoms with E-state index in [-0.39, 0.29) is 24.5 Å². The third kappa shape index (κ3) is 5.19. The van der Waals surface area contributed by atoms with Gasteiger partial charge in [0.2, 0.25) is 0 Å². The Bertz CT molecular complexity index is 1210. The Morgan fingerprint density at radius 3 is 2.49 bits per heavy atom. The number of esters is 1. The predicted molar refractivity (Wildman–Crippen MR) is 131 cm³/mol. The number of thiazole rings is 1. The first-order chi connectivity index (χ1) is 17.0. The van der Waals surface area contributed by atoms with Gasteiger partial charge in [-0.15, -0.1) is 11.3 Å². The number of ether oxygens (including phenoxy) is 4. The summed E-state index contributed by atoms with van der Waals surface area (Å²) in [5.41, 5.74) is 0.228. The lowest BCUT2D eigenvalue weighted by atomic mass is 10.0. The van der Waals surface area contributed by atoms with Crippen molar-refractivity contribution in [3.05, 3.63) is 52.5 Å². The molecule has 3 atom stereocenters. The highest BCUT2D eigenvalue weighted by atomic mass is 32.1. The summed E-state index contributed by atoms with van der Waals surface area (Å²) >= 11 is 1.27. The standard InChI is InChI=1S/C26H28N2O6S/c1-3-32-20-6-4-16-5-7-21(9-17(16)8-20)34-22-10-18-12-28(13-19(18)11-22)26(30)33-14-24-27-23(15-35-24)25(29)31-2/h4-9,15,18-19,22H,3,10-14H2,1-2H3/t18-,19+,22-. The highest BCUT2D eigenvalue weighted by molar-refractivity contribution is 7.09. The van der Waals surface area contributed by atoms with Crippen molar-refractivity contribution >= 4 is 34.2 Å². The van der Waals surface area contributed by atoms with Gasteiger partial charge in [0.1, 0.15) is 23.1 Å². The number of hydrogen-bond donors (Lipinski definition) is 0. The molecule has 2 aromatic carbocycles. The first kappa shape index (κ1) is 23.4. The number of fused-ring (bicyclic) bond motifs is 2. The van der Waals surface area contributed by atoms with Crippen LogP contribution in [0.2, 0.25) is 0 Å². The van der Waals surface area contributed by atoms with Gasteiger partial charge in [-0.05, 0) is 66.6 Å². The molecule has 1 aromatic heterocycles. The molecule has 2 heterocycles. The number of carbonyl (C=O) groups excluding carboxylic acids is 2. The zero-order valence-electron chi connectivity index (χ0n) is 19.8. The SMILES string of the molecule is CCOc1ccc2ccc(O[C@@H]3C[C@@H]4CN(C(=O)OCc5nc(C(=O)OC)cs5)C[C@@H]4C3)cc2c1. The monoisotopic (exact) mass is 496 g/mol. The number of aromatic nitrogens is 1. The molecule has 1 saturated carbocycles. The molecule has 0 unspecified atom stereocenters. The zero-order valence-corrected chi connectivity index (χ0v) is 20.6. The summed E-state index contributed by atoms with van der Waals surface area (Å²) in [4.78, 5) is 30.0. The second-order valence-corrected chi connectivity index (χ2v) is 9.86. The van der Waals surface area contributed by atoms with Crippen LogP contribution >= 0.6 is 11.3 Å². The molecule has 1 aliphatic carbocycles. The summed E-state index contributed by atoms with van der Waals surface area (Å²) in [6.45, 7) is 4.00. The first-order valence-electron chi connectivity index (χ1n) is 11.8. The van der Waals surface area contributed by atoms with Crippen LogP contribution < -0.4 is 9.47 Å². The highest BCUT2D eigenvalue weighted by Gasteiger charge is 2.43. The highest BCUT2D eigenvalue weighted by Crippen LogP contribution is 2.40. The van der Waals surface area contributed by atoms with E-state index in [2.05, 4.69) is 27.9 Å². The number of likely N-dealkylation sites (tertiary alicyclic amines) is 1. The van der Waals surface area contributed by atoms with E-state index < -0.39 is 5.97 Å². The van der Waals surface area contributed by atoms with Crippen molar-refractivity contribution in [1.82, 2.24) is 9.88 Å². The van der Waals surface area contributed by atoms with E-state index in [4.69, 9.17) is 14.2 Å². The van der Waals surface area contributed by atoms with Gasteiger partial charge < -0.3 is 23.8 Å². The summed E-state index contributed by atoms with van der Waals surface area (Å²) in [6, 6.07) is 12.2. The molecule has 0 N–H and O–H groups in total. The Kier molecular flexibility index (Phi) is 6.77. The maximum absolute atomic E-state index is 12.6. The number of amides is 1. The van der Waals surface area contributed by atoms with Crippen molar-refractivity contribution in [3.63, 3.8) is 0 Å².